The quantitative estimate of drug-likeness (QED) is 0.654. The van der Waals surface area contributed by atoms with Crippen molar-refractivity contribution in [2.24, 2.45) is 5.92 Å². The van der Waals surface area contributed by atoms with Crippen LogP contribution in [0, 0.1) is 11.7 Å². The first-order valence-corrected chi connectivity index (χ1v) is 12.9. The molecule has 3 amide bonds. The molecule has 7 nitrogen and oxygen atoms in total. The lowest BCUT2D eigenvalue weighted by Crippen LogP contribution is -2.73. The predicted molar refractivity (Wildman–Crippen MR) is 128 cm³/mol. The van der Waals surface area contributed by atoms with Gasteiger partial charge in [-0.1, -0.05) is 12.1 Å². The third-order valence-electron chi connectivity index (χ3n) is 9.00. The number of nitrogens with zero attached hydrogens (tertiary/aromatic N) is 2. The fourth-order valence-electron chi connectivity index (χ4n) is 6.91. The van der Waals surface area contributed by atoms with E-state index in [1.54, 1.807) is 23.1 Å². The number of amides is 3. The molecule has 2 aliphatic carbocycles. The van der Waals surface area contributed by atoms with Crippen LogP contribution < -0.4 is 10.1 Å². The second-order valence-corrected chi connectivity index (χ2v) is 11.0. The van der Waals surface area contributed by atoms with Crippen LogP contribution in [0.15, 0.2) is 42.5 Å². The number of carbonyl (C=O) groups is 3. The number of piperidine rings is 2. The third-order valence-corrected chi connectivity index (χ3v) is 9.00. The van der Waals surface area contributed by atoms with Crippen LogP contribution >= 0.6 is 0 Å². The van der Waals surface area contributed by atoms with Gasteiger partial charge in [0.05, 0.1) is 0 Å². The van der Waals surface area contributed by atoms with E-state index in [0.29, 0.717) is 36.9 Å². The number of likely N-dealkylation sites (tertiary alicyclic amines) is 1. The number of rotatable bonds is 5. The summed E-state index contributed by atoms with van der Waals surface area (Å²) in [6, 6.07) is 12.8. The van der Waals surface area contributed by atoms with E-state index in [9.17, 15) is 18.8 Å². The van der Waals surface area contributed by atoms with Gasteiger partial charge in [-0.2, -0.15) is 0 Å². The first-order chi connectivity index (χ1) is 17.4. The fourth-order valence-corrected chi connectivity index (χ4v) is 6.91. The third kappa shape index (κ3) is 3.23. The van der Waals surface area contributed by atoms with Crippen LogP contribution in [0.4, 0.5) is 4.39 Å². The summed E-state index contributed by atoms with van der Waals surface area (Å²) >= 11 is 0. The second-order valence-electron chi connectivity index (χ2n) is 11.0. The van der Waals surface area contributed by atoms with Gasteiger partial charge in [-0.15, -0.1) is 0 Å². The van der Waals surface area contributed by atoms with Gasteiger partial charge in [0.15, 0.2) is 0 Å². The SMILES string of the molecule is O=C1NC(=O)C2(N3Cc4cc(O[C@@H]5CCC[C@@H]5N5CC(c6cccc(F)c6)C5)ccc4C3=O)CC1C2. The second kappa shape index (κ2) is 7.87. The summed E-state index contributed by atoms with van der Waals surface area (Å²) in [6.07, 6.45) is 4.06. The maximum absolute atomic E-state index is 13.6. The highest BCUT2D eigenvalue weighted by Gasteiger charge is 2.63. The van der Waals surface area contributed by atoms with Crippen LogP contribution in [0.5, 0.6) is 5.75 Å². The van der Waals surface area contributed by atoms with Gasteiger partial charge in [0.2, 0.25) is 5.91 Å². The Labute approximate surface area is 208 Å². The molecule has 0 aromatic heterocycles. The number of nitrogens with one attached hydrogen (secondary N) is 1. The number of imide groups is 1. The van der Waals surface area contributed by atoms with E-state index in [1.165, 1.54) is 6.07 Å². The molecule has 4 aliphatic heterocycles. The van der Waals surface area contributed by atoms with Crippen molar-refractivity contribution >= 4 is 17.7 Å². The number of benzene rings is 2. The average molecular weight is 490 g/mol. The summed E-state index contributed by atoms with van der Waals surface area (Å²) in [4.78, 5) is 41.7. The normalized spacial score (nSPS) is 31.6. The number of carbonyl (C=O) groups excluding carboxylic acids is 3. The molecular formula is C28H28FN3O4. The highest BCUT2D eigenvalue weighted by atomic mass is 19.1. The van der Waals surface area contributed by atoms with Crippen molar-refractivity contribution in [2.75, 3.05) is 13.1 Å². The van der Waals surface area contributed by atoms with Gasteiger partial charge >= 0.3 is 0 Å². The molecule has 0 spiro atoms. The molecule has 2 atom stereocenters. The molecule has 6 aliphatic rings. The van der Waals surface area contributed by atoms with Crippen LogP contribution in [0.1, 0.15) is 59.5 Å². The Bertz CT molecular complexity index is 1280. The van der Waals surface area contributed by atoms with Crippen LogP contribution in [0.3, 0.4) is 0 Å². The van der Waals surface area contributed by atoms with Gasteiger partial charge in [-0.3, -0.25) is 24.6 Å². The first-order valence-electron chi connectivity index (χ1n) is 12.9. The average Bonchev–Trinajstić information content (AvgIpc) is 3.36. The van der Waals surface area contributed by atoms with E-state index in [2.05, 4.69) is 10.2 Å². The van der Waals surface area contributed by atoms with Gasteiger partial charge in [-0.25, -0.2) is 4.39 Å². The van der Waals surface area contributed by atoms with Gasteiger partial charge in [-0.05, 0) is 73.6 Å². The summed E-state index contributed by atoms with van der Waals surface area (Å²) in [5, 5.41) is 2.43. The number of hydrogen-bond donors (Lipinski definition) is 1. The number of hydrogen-bond acceptors (Lipinski definition) is 5. The Morgan fingerprint density at radius 1 is 1.00 bits per heavy atom. The molecular weight excluding hydrogens is 461 g/mol. The molecule has 5 fully saturated rings. The first kappa shape index (κ1) is 22.0. The molecule has 2 bridgehead atoms. The van der Waals surface area contributed by atoms with Crippen molar-refractivity contribution in [3.05, 3.63) is 65.0 Å². The Kier molecular flexibility index (Phi) is 4.80. The van der Waals surface area contributed by atoms with Crippen molar-refractivity contribution in [1.29, 1.82) is 0 Å². The molecule has 3 saturated heterocycles. The van der Waals surface area contributed by atoms with Gasteiger partial charge in [0, 0.05) is 43.1 Å². The van der Waals surface area contributed by atoms with Crippen LogP contribution in [0.25, 0.3) is 0 Å². The van der Waals surface area contributed by atoms with Gasteiger partial charge in [0.25, 0.3) is 11.8 Å². The van der Waals surface area contributed by atoms with E-state index in [1.807, 2.05) is 18.2 Å². The maximum atomic E-state index is 13.6. The molecule has 2 saturated carbocycles. The zero-order valence-corrected chi connectivity index (χ0v) is 19.9. The molecule has 1 N–H and O–H groups in total. The Morgan fingerprint density at radius 3 is 2.61 bits per heavy atom. The van der Waals surface area contributed by atoms with Crippen molar-refractivity contribution in [1.82, 2.24) is 15.1 Å². The smallest absolute Gasteiger partial charge is 0.255 e. The molecule has 2 aromatic rings. The zero-order chi connectivity index (χ0) is 24.6. The molecule has 4 heterocycles. The number of halogens is 1. The lowest BCUT2D eigenvalue weighted by Gasteiger charge is -2.53. The Balaban J connectivity index is 1.03. The van der Waals surface area contributed by atoms with E-state index < -0.39 is 5.54 Å². The lowest BCUT2D eigenvalue weighted by molar-refractivity contribution is -0.160. The molecule has 186 valence electrons. The van der Waals surface area contributed by atoms with Crippen molar-refractivity contribution in [2.45, 2.75) is 62.3 Å². The van der Waals surface area contributed by atoms with Crippen LogP contribution in [-0.4, -0.2) is 58.3 Å². The molecule has 0 unspecified atom stereocenters. The van der Waals surface area contributed by atoms with Crippen LogP contribution in [-0.2, 0) is 16.1 Å². The standard InChI is InChI=1S/C28H28FN3O4/c29-20-4-1-3-16(9-20)19-13-31(14-19)23-5-2-6-24(23)36-21-7-8-22-17(10-21)15-32(26(22)34)28-11-18(12-28)25(33)30-27(28)35/h1,3-4,7-10,18-19,23-24H,2,5-6,11-15H2,(H,30,33,35)/t18?,23-,24+,28?/m0/s1. The van der Waals surface area contributed by atoms with Crippen LogP contribution in [0.2, 0.25) is 0 Å². The lowest BCUT2D eigenvalue weighted by atomic mass is 9.63. The minimum absolute atomic E-state index is 0.0748. The van der Waals surface area contributed by atoms with E-state index in [-0.39, 0.29) is 35.6 Å². The molecule has 2 aromatic carbocycles. The maximum Gasteiger partial charge on any atom is 0.255 e. The van der Waals surface area contributed by atoms with Crippen molar-refractivity contribution in [3.63, 3.8) is 0 Å². The van der Waals surface area contributed by atoms with E-state index >= 15 is 0 Å². The molecule has 36 heavy (non-hydrogen) atoms. The summed E-state index contributed by atoms with van der Waals surface area (Å²) in [5.41, 5.74) is 1.63. The van der Waals surface area contributed by atoms with Crippen molar-refractivity contribution < 1.29 is 23.5 Å². The van der Waals surface area contributed by atoms with Gasteiger partial charge in [0.1, 0.15) is 23.2 Å². The van der Waals surface area contributed by atoms with E-state index in [0.717, 1.165) is 49.2 Å². The van der Waals surface area contributed by atoms with E-state index in [4.69, 9.17) is 4.74 Å². The monoisotopic (exact) mass is 489 g/mol. The summed E-state index contributed by atoms with van der Waals surface area (Å²) in [6.45, 7) is 2.18. The van der Waals surface area contributed by atoms with Gasteiger partial charge < -0.3 is 9.64 Å². The Morgan fingerprint density at radius 2 is 1.83 bits per heavy atom. The highest BCUT2D eigenvalue weighted by molar-refractivity contribution is 6.10. The highest BCUT2D eigenvalue weighted by Crippen LogP contribution is 2.49. The van der Waals surface area contributed by atoms with Crippen molar-refractivity contribution in [3.8, 4) is 5.75 Å². The molecule has 8 heteroatoms. The topological polar surface area (TPSA) is 79.0 Å². The number of ether oxygens (including phenoxy) is 1. The molecule has 8 rings (SSSR count). The minimum Gasteiger partial charge on any atom is -0.489 e. The summed E-state index contributed by atoms with van der Waals surface area (Å²) < 4.78 is 20.1. The predicted octanol–water partition coefficient (Wildman–Crippen LogP) is 2.99. The number of fused-ring (bicyclic) bond motifs is 3. The fraction of sp³-hybridized carbons (Fsp3) is 0.464. The minimum atomic E-state index is -0.901. The summed E-state index contributed by atoms with van der Waals surface area (Å²) in [7, 11) is 0. The Hall–Kier alpha value is -3.26. The zero-order valence-electron chi connectivity index (χ0n) is 19.9. The largest absolute Gasteiger partial charge is 0.489 e. The summed E-state index contributed by atoms with van der Waals surface area (Å²) in [5.74, 6) is 0.00827. The molecule has 0 radical (unpaired) electrons.